The van der Waals surface area contributed by atoms with E-state index in [4.69, 9.17) is 11.6 Å². The summed E-state index contributed by atoms with van der Waals surface area (Å²) in [4.78, 5) is 13.7. The number of rotatable bonds is 5. The molecule has 0 atom stereocenters. The molecule has 1 saturated heterocycles. The minimum atomic E-state index is -4.48. The zero-order valence-electron chi connectivity index (χ0n) is 18.6. The van der Waals surface area contributed by atoms with Gasteiger partial charge in [0.2, 0.25) is 10.0 Å². The van der Waals surface area contributed by atoms with Crippen molar-refractivity contribution in [2.45, 2.75) is 11.1 Å². The van der Waals surface area contributed by atoms with Crippen LogP contribution in [0.2, 0.25) is 5.02 Å². The fraction of sp³-hybridized carbons (Fsp3) is 0.208. The van der Waals surface area contributed by atoms with Crippen LogP contribution in [0.15, 0.2) is 71.6 Å². The highest BCUT2D eigenvalue weighted by molar-refractivity contribution is 7.89. The number of benzene rings is 3. The lowest BCUT2D eigenvalue weighted by molar-refractivity contribution is -0.137. The molecular weight excluding hydrogens is 522 g/mol. The Balaban J connectivity index is 1.45. The summed E-state index contributed by atoms with van der Waals surface area (Å²) in [7, 11) is -4.07. The minimum absolute atomic E-state index is 0.00515. The number of carbonyl (C=O) groups is 1. The first-order valence-corrected chi connectivity index (χ1v) is 12.6. The second kappa shape index (κ2) is 10.1. The Bertz CT molecular complexity index is 1390. The number of nitrogens with zero attached hydrogens (tertiary/aromatic N) is 2. The predicted molar refractivity (Wildman–Crippen MR) is 128 cm³/mol. The van der Waals surface area contributed by atoms with E-state index in [0.29, 0.717) is 5.69 Å². The fourth-order valence-electron chi connectivity index (χ4n) is 3.81. The monoisotopic (exact) mass is 541 g/mol. The highest BCUT2D eigenvalue weighted by atomic mass is 35.5. The summed E-state index contributed by atoms with van der Waals surface area (Å²) in [5, 5.41) is 2.55. The van der Waals surface area contributed by atoms with Crippen molar-refractivity contribution in [2.24, 2.45) is 0 Å². The number of hydrogen-bond donors (Lipinski definition) is 1. The smallest absolute Gasteiger partial charge is 0.369 e. The van der Waals surface area contributed by atoms with Crippen LogP contribution < -0.4 is 10.2 Å². The molecule has 0 saturated carbocycles. The fourth-order valence-corrected chi connectivity index (χ4v) is 5.46. The summed E-state index contributed by atoms with van der Waals surface area (Å²) < 4.78 is 81.0. The first-order chi connectivity index (χ1) is 17.0. The third kappa shape index (κ3) is 5.48. The van der Waals surface area contributed by atoms with Crippen LogP contribution in [-0.4, -0.2) is 44.8 Å². The molecule has 4 rings (SSSR count). The highest BCUT2D eigenvalue weighted by Crippen LogP contribution is 2.32. The molecule has 1 fully saturated rings. The van der Waals surface area contributed by atoms with Crippen LogP contribution >= 0.6 is 11.6 Å². The van der Waals surface area contributed by atoms with Crippen molar-refractivity contribution in [1.29, 1.82) is 0 Å². The van der Waals surface area contributed by atoms with Crippen molar-refractivity contribution in [3.8, 4) is 0 Å². The standard InChI is InChI=1S/C24H20ClF4N3O3S/c25-20-7-2-1-6-19(20)23(33)30-22-9-8-18(15-21(22)26)36(34,35)32-12-10-31(11-13-32)17-5-3-4-16(14-17)24(27,28)29/h1-9,14-15H,10-13H2,(H,30,33). The number of amides is 1. The van der Waals surface area contributed by atoms with Crippen LogP contribution in [-0.2, 0) is 16.2 Å². The average Bonchev–Trinajstić information content (AvgIpc) is 2.85. The molecule has 6 nitrogen and oxygen atoms in total. The van der Waals surface area contributed by atoms with E-state index in [1.807, 2.05) is 0 Å². The van der Waals surface area contributed by atoms with Gasteiger partial charge in [0.1, 0.15) is 5.82 Å². The Hall–Kier alpha value is -3.15. The van der Waals surface area contributed by atoms with Gasteiger partial charge in [0, 0.05) is 31.9 Å². The number of halogens is 5. The van der Waals surface area contributed by atoms with Gasteiger partial charge in [-0.3, -0.25) is 4.79 Å². The van der Waals surface area contributed by atoms with Gasteiger partial charge in [-0.25, -0.2) is 12.8 Å². The van der Waals surface area contributed by atoms with Crippen LogP contribution in [0.4, 0.5) is 28.9 Å². The van der Waals surface area contributed by atoms with Crippen molar-refractivity contribution in [3.05, 3.63) is 88.7 Å². The van der Waals surface area contributed by atoms with E-state index >= 15 is 0 Å². The summed E-state index contributed by atoms with van der Waals surface area (Å²) in [6.45, 7) is 0.334. The molecule has 3 aromatic carbocycles. The summed E-state index contributed by atoms with van der Waals surface area (Å²) in [6, 6.07) is 14.2. The molecule has 1 aliphatic heterocycles. The molecule has 0 aromatic heterocycles. The molecule has 0 spiro atoms. The molecule has 0 unspecified atom stereocenters. The van der Waals surface area contributed by atoms with Gasteiger partial charge in [-0.15, -0.1) is 0 Å². The third-order valence-electron chi connectivity index (χ3n) is 5.72. The molecule has 190 valence electrons. The maximum Gasteiger partial charge on any atom is 0.416 e. The molecule has 3 aromatic rings. The third-order valence-corrected chi connectivity index (χ3v) is 7.95. The van der Waals surface area contributed by atoms with Crippen LogP contribution in [0, 0.1) is 5.82 Å². The number of sulfonamides is 1. The van der Waals surface area contributed by atoms with Crippen LogP contribution in [0.5, 0.6) is 0 Å². The number of piperazine rings is 1. The second-order valence-electron chi connectivity index (χ2n) is 8.01. The maximum absolute atomic E-state index is 14.7. The summed E-state index contributed by atoms with van der Waals surface area (Å²) in [5.74, 6) is -1.60. The van der Waals surface area contributed by atoms with Crippen LogP contribution in [0.25, 0.3) is 0 Å². The van der Waals surface area contributed by atoms with E-state index in [9.17, 15) is 30.8 Å². The average molecular weight is 542 g/mol. The Morgan fingerprint density at radius 2 is 1.61 bits per heavy atom. The molecule has 0 bridgehead atoms. The zero-order chi connectivity index (χ0) is 26.1. The molecular formula is C24H20ClF4N3O3S. The number of nitrogens with one attached hydrogen (secondary N) is 1. The Morgan fingerprint density at radius 3 is 2.25 bits per heavy atom. The van der Waals surface area contributed by atoms with Crippen molar-refractivity contribution in [3.63, 3.8) is 0 Å². The van der Waals surface area contributed by atoms with Gasteiger partial charge in [0.15, 0.2) is 0 Å². The van der Waals surface area contributed by atoms with Gasteiger partial charge >= 0.3 is 6.18 Å². The lowest BCUT2D eigenvalue weighted by atomic mass is 10.1. The topological polar surface area (TPSA) is 69.7 Å². The zero-order valence-corrected chi connectivity index (χ0v) is 20.2. The van der Waals surface area contributed by atoms with Gasteiger partial charge in [-0.2, -0.15) is 17.5 Å². The quantitative estimate of drug-likeness (QED) is 0.447. The molecule has 1 aliphatic rings. The molecule has 1 N–H and O–H groups in total. The Labute approximate surface area is 210 Å². The van der Waals surface area contributed by atoms with Gasteiger partial charge in [0.05, 0.1) is 26.7 Å². The van der Waals surface area contributed by atoms with E-state index < -0.39 is 33.5 Å². The number of anilines is 2. The minimum Gasteiger partial charge on any atom is -0.369 e. The maximum atomic E-state index is 14.7. The number of hydrogen-bond acceptors (Lipinski definition) is 4. The Kier molecular flexibility index (Phi) is 7.26. The Morgan fingerprint density at radius 1 is 0.917 bits per heavy atom. The van der Waals surface area contributed by atoms with Gasteiger partial charge in [0.25, 0.3) is 5.91 Å². The normalized spacial score (nSPS) is 15.1. The van der Waals surface area contributed by atoms with Crippen LogP contribution in [0.1, 0.15) is 15.9 Å². The van der Waals surface area contributed by atoms with Crippen LogP contribution in [0.3, 0.4) is 0 Å². The van der Waals surface area contributed by atoms with E-state index in [2.05, 4.69) is 5.32 Å². The molecule has 12 heteroatoms. The first kappa shape index (κ1) is 25.9. The number of alkyl halides is 3. The van der Waals surface area contributed by atoms with E-state index in [-0.39, 0.29) is 47.3 Å². The second-order valence-corrected chi connectivity index (χ2v) is 10.4. The predicted octanol–water partition coefficient (Wildman–Crippen LogP) is 5.26. The number of carbonyl (C=O) groups excluding carboxylic acids is 1. The van der Waals surface area contributed by atoms with Gasteiger partial charge in [-0.1, -0.05) is 29.8 Å². The molecule has 0 radical (unpaired) electrons. The van der Waals surface area contributed by atoms with Crippen molar-refractivity contribution in [1.82, 2.24) is 4.31 Å². The van der Waals surface area contributed by atoms with Crippen molar-refractivity contribution >= 4 is 38.9 Å². The van der Waals surface area contributed by atoms with Gasteiger partial charge < -0.3 is 10.2 Å². The van der Waals surface area contributed by atoms with E-state index in [1.54, 1.807) is 17.0 Å². The highest BCUT2D eigenvalue weighted by Gasteiger charge is 2.32. The summed E-state index contributed by atoms with van der Waals surface area (Å²) in [5.41, 5.74) is -0.527. The lowest BCUT2D eigenvalue weighted by Gasteiger charge is -2.35. The largest absolute Gasteiger partial charge is 0.416 e. The van der Waals surface area contributed by atoms with E-state index in [0.717, 1.165) is 28.6 Å². The SMILES string of the molecule is O=C(Nc1ccc(S(=O)(=O)N2CCN(c3cccc(C(F)(F)F)c3)CC2)cc1F)c1ccccc1Cl. The van der Waals surface area contributed by atoms with Gasteiger partial charge in [-0.05, 0) is 48.5 Å². The molecule has 1 amide bonds. The van der Waals surface area contributed by atoms with E-state index in [1.165, 1.54) is 30.3 Å². The first-order valence-electron chi connectivity index (χ1n) is 10.7. The molecule has 0 aliphatic carbocycles. The lowest BCUT2D eigenvalue weighted by Crippen LogP contribution is -2.48. The van der Waals surface area contributed by atoms with Crippen molar-refractivity contribution < 1.29 is 30.8 Å². The summed E-state index contributed by atoms with van der Waals surface area (Å²) in [6.07, 6.45) is -4.48. The summed E-state index contributed by atoms with van der Waals surface area (Å²) >= 11 is 5.98. The molecule has 36 heavy (non-hydrogen) atoms. The van der Waals surface area contributed by atoms with Crippen molar-refractivity contribution in [2.75, 3.05) is 36.4 Å². The molecule has 1 heterocycles.